The summed E-state index contributed by atoms with van der Waals surface area (Å²) in [5, 5.41) is 9.68. The smallest absolute Gasteiger partial charge is 0.128 e. The van der Waals surface area contributed by atoms with E-state index in [1.807, 2.05) is 20.0 Å². The van der Waals surface area contributed by atoms with Crippen molar-refractivity contribution < 1.29 is 4.74 Å². The summed E-state index contributed by atoms with van der Waals surface area (Å²) in [6, 6.07) is 2.59. The van der Waals surface area contributed by atoms with Crippen molar-refractivity contribution in [3.63, 3.8) is 0 Å². The maximum absolute atomic E-state index is 9.68. The summed E-state index contributed by atoms with van der Waals surface area (Å²) in [5.41, 5.74) is 2.91. The molecule has 0 N–H and O–H groups in total. The van der Waals surface area contributed by atoms with Crippen molar-refractivity contribution in [2.75, 3.05) is 7.11 Å². The number of aromatic nitrogens is 1. The number of hydrogen-bond donors (Lipinski definition) is 0. The average molecular weight is 272 g/mol. The van der Waals surface area contributed by atoms with Crippen LogP contribution in [0.5, 0.6) is 5.75 Å². The van der Waals surface area contributed by atoms with Crippen molar-refractivity contribution in [3.05, 3.63) is 23.0 Å². The molecule has 1 aliphatic carbocycles. The molecule has 0 amide bonds. The zero-order valence-corrected chi connectivity index (χ0v) is 13.0. The molecule has 108 valence electrons. The molecule has 3 nitrogen and oxygen atoms in total. The third-order valence-corrected chi connectivity index (χ3v) is 4.58. The van der Waals surface area contributed by atoms with Crippen LogP contribution in [0.4, 0.5) is 0 Å². The number of pyridine rings is 1. The zero-order chi connectivity index (χ0) is 14.8. The molecule has 1 aromatic heterocycles. The quantitative estimate of drug-likeness (QED) is 0.836. The third-order valence-electron chi connectivity index (χ3n) is 4.58. The van der Waals surface area contributed by atoms with Gasteiger partial charge >= 0.3 is 0 Å². The first-order valence-corrected chi connectivity index (χ1v) is 7.41. The van der Waals surface area contributed by atoms with Crippen molar-refractivity contribution in [2.45, 2.75) is 52.9 Å². The van der Waals surface area contributed by atoms with Crippen LogP contribution in [0.15, 0.2) is 6.20 Å². The van der Waals surface area contributed by atoms with Crippen LogP contribution in [-0.4, -0.2) is 12.1 Å². The minimum Gasteiger partial charge on any atom is -0.496 e. The van der Waals surface area contributed by atoms with Gasteiger partial charge in [-0.25, -0.2) is 0 Å². The molecular formula is C17H24N2O. The number of ether oxygens (including phenoxy) is 1. The lowest BCUT2D eigenvalue weighted by atomic mass is 9.68. The van der Waals surface area contributed by atoms with Gasteiger partial charge < -0.3 is 4.74 Å². The average Bonchev–Trinajstić information content (AvgIpc) is 2.43. The first kappa shape index (κ1) is 14.8. The molecule has 2 unspecified atom stereocenters. The Kier molecular flexibility index (Phi) is 4.32. The number of aryl methyl sites for hydroxylation is 1. The molecule has 0 aliphatic heterocycles. The molecule has 0 bridgehead atoms. The van der Waals surface area contributed by atoms with E-state index in [0.29, 0.717) is 5.92 Å². The fourth-order valence-electron chi connectivity index (χ4n) is 3.53. The minimum atomic E-state index is -0.240. The van der Waals surface area contributed by atoms with Crippen LogP contribution in [0.2, 0.25) is 0 Å². The normalized spacial score (nSPS) is 26.1. The molecule has 0 radical (unpaired) electrons. The molecule has 3 heteroatoms. The summed E-state index contributed by atoms with van der Waals surface area (Å²) in [4.78, 5) is 4.57. The van der Waals surface area contributed by atoms with Crippen molar-refractivity contribution in [2.24, 2.45) is 11.3 Å². The standard InChI is InChI=1S/C17H24N2O/c1-12-6-5-7-17(8-12,11-18)9-15-14(3)16(20-4)13(2)10-19-15/h10,12H,5-9H2,1-4H3. The van der Waals surface area contributed by atoms with E-state index in [9.17, 15) is 5.26 Å². The van der Waals surface area contributed by atoms with E-state index in [1.54, 1.807) is 7.11 Å². The first-order valence-electron chi connectivity index (χ1n) is 7.41. The fraction of sp³-hybridized carbons (Fsp3) is 0.647. The SMILES string of the molecule is COc1c(C)cnc(CC2(C#N)CCCC(C)C2)c1C. The van der Waals surface area contributed by atoms with E-state index in [0.717, 1.165) is 48.3 Å². The van der Waals surface area contributed by atoms with Crippen LogP contribution in [0, 0.1) is 36.5 Å². The van der Waals surface area contributed by atoms with Gasteiger partial charge in [-0.2, -0.15) is 5.26 Å². The Morgan fingerprint density at radius 1 is 1.50 bits per heavy atom. The molecule has 1 fully saturated rings. The molecule has 2 rings (SSSR count). The van der Waals surface area contributed by atoms with Crippen molar-refractivity contribution in [3.8, 4) is 11.8 Å². The van der Waals surface area contributed by atoms with E-state index in [1.165, 1.54) is 6.42 Å². The molecule has 0 spiro atoms. The Morgan fingerprint density at radius 3 is 2.85 bits per heavy atom. The molecule has 1 saturated carbocycles. The van der Waals surface area contributed by atoms with Crippen LogP contribution in [0.25, 0.3) is 0 Å². The number of nitriles is 1. The Bertz CT molecular complexity index is 533. The predicted octanol–water partition coefficient (Wildman–Crippen LogP) is 3.97. The van der Waals surface area contributed by atoms with Crippen LogP contribution < -0.4 is 4.74 Å². The van der Waals surface area contributed by atoms with Gasteiger partial charge in [-0.1, -0.05) is 19.8 Å². The second-order valence-electron chi connectivity index (χ2n) is 6.32. The van der Waals surface area contributed by atoms with Crippen LogP contribution in [0.1, 0.15) is 49.4 Å². The summed E-state index contributed by atoms with van der Waals surface area (Å²) in [6.45, 7) is 6.30. The summed E-state index contributed by atoms with van der Waals surface area (Å²) in [6.07, 6.45) is 6.98. The van der Waals surface area contributed by atoms with Gasteiger partial charge in [0, 0.05) is 29.4 Å². The summed E-state index contributed by atoms with van der Waals surface area (Å²) < 4.78 is 5.47. The summed E-state index contributed by atoms with van der Waals surface area (Å²) in [5.74, 6) is 1.54. The summed E-state index contributed by atoms with van der Waals surface area (Å²) >= 11 is 0. The van der Waals surface area contributed by atoms with E-state index < -0.39 is 0 Å². The van der Waals surface area contributed by atoms with Gasteiger partial charge in [-0.05, 0) is 32.6 Å². The monoisotopic (exact) mass is 272 g/mol. The highest BCUT2D eigenvalue weighted by Crippen LogP contribution is 2.42. The Morgan fingerprint density at radius 2 is 2.25 bits per heavy atom. The van der Waals surface area contributed by atoms with Gasteiger partial charge in [-0.15, -0.1) is 0 Å². The first-order chi connectivity index (χ1) is 9.51. The van der Waals surface area contributed by atoms with Gasteiger partial charge in [-0.3, -0.25) is 4.98 Å². The molecule has 1 aromatic rings. The van der Waals surface area contributed by atoms with Crippen molar-refractivity contribution in [1.29, 1.82) is 5.26 Å². The topological polar surface area (TPSA) is 45.9 Å². The number of rotatable bonds is 3. The van der Waals surface area contributed by atoms with E-state index in [-0.39, 0.29) is 5.41 Å². The van der Waals surface area contributed by atoms with Gasteiger partial charge in [0.25, 0.3) is 0 Å². The number of nitrogens with zero attached hydrogens (tertiary/aromatic N) is 2. The van der Waals surface area contributed by atoms with Crippen LogP contribution in [-0.2, 0) is 6.42 Å². The Labute approximate surface area is 122 Å². The minimum absolute atomic E-state index is 0.240. The van der Waals surface area contributed by atoms with Gasteiger partial charge in [0.05, 0.1) is 18.6 Å². The Balaban J connectivity index is 2.31. The molecular weight excluding hydrogens is 248 g/mol. The largest absolute Gasteiger partial charge is 0.496 e. The van der Waals surface area contributed by atoms with Crippen LogP contribution in [0.3, 0.4) is 0 Å². The lowest BCUT2D eigenvalue weighted by molar-refractivity contribution is 0.207. The molecule has 1 aliphatic rings. The second-order valence-corrected chi connectivity index (χ2v) is 6.32. The molecule has 1 heterocycles. The van der Waals surface area contributed by atoms with E-state index in [2.05, 4.69) is 18.0 Å². The van der Waals surface area contributed by atoms with E-state index in [4.69, 9.17) is 4.74 Å². The molecule has 2 atom stereocenters. The lowest BCUT2D eigenvalue weighted by Gasteiger charge is -2.34. The molecule has 0 aromatic carbocycles. The van der Waals surface area contributed by atoms with Crippen molar-refractivity contribution >= 4 is 0 Å². The highest BCUT2D eigenvalue weighted by molar-refractivity contribution is 5.41. The van der Waals surface area contributed by atoms with Crippen molar-refractivity contribution in [1.82, 2.24) is 4.98 Å². The molecule has 0 saturated heterocycles. The van der Waals surface area contributed by atoms with E-state index >= 15 is 0 Å². The number of hydrogen-bond acceptors (Lipinski definition) is 3. The van der Waals surface area contributed by atoms with Gasteiger partial charge in [0.15, 0.2) is 0 Å². The zero-order valence-electron chi connectivity index (χ0n) is 13.0. The number of methoxy groups -OCH3 is 1. The maximum atomic E-state index is 9.68. The highest BCUT2D eigenvalue weighted by Gasteiger charge is 2.36. The fourth-order valence-corrected chi connectivity index (χ4v) is 3.53. The van der Waals surface area contributed by atoms with Crippen LogP contribution >= 0.6 is 0 Å². The molecule has 20 heavy (non-hydrogen) atoms. The highest BCUT2D eigenvalue weighted by atomic mass is 16.5. The maximum Gasteiger partial charge on any atom is 0.128 e. The predicted molar refractivity (Wildman–Crippen MR) is 79.6 cm³/mol. The van der Waals surface area contributed by atoms with Gasteiger partial charge in [0.1, 0.15) is 5.75 Å². The second kappa shape index (κ2) is 5.83. The third kappa shape index (κ3) is 2.80. The van der Waals surface area contributed by atoms with Gasteiger partial charge in [0.2, 0.25) is 0 Å². The Hall–Kier alpha value is -1.56. The summed E-state index contributed by atoms with van der Waals surface area (Å²) in [7, 11) is 1.70. The lowest BCUT2D eigenvalue weighted by Crippen LogP contribution is -2.29.